The Balaban J connectivity index is 1.74. The van der Waals surface area contributed by atoms with E-state index in [9.17, 15) is 19.3 Å². The summed E-state index contributed by atoms with van der Waals surface area (Å²) in [6, 6.07) is 12.8. The molecule has 1 N–H and O–H groups in total. The van der Waals surface area contributed by atoms with Gasteiger partial charge in [0.05, 0.1) is 17.7 Å². The zero-order valence-electron chi connectivity index (χ0n) is 14.3. The van der Waals surface area contributed by atoms with Crippen LogP contribution in [0.25, 0.3) is 0 Å². The van der Waals surface area contributed by atoms with E-state index < -0.39 is 22.3 Å². The quantitative estimate of drug-likeness (QED) is 0.356. The Morgan fingerprint density at radius 3 is 2.57 bits per heavy atom. The molecule has 0 aliphatic rings. The number of carbonyl (C=O) groups excluding carboxylic acids is 1. The van der Waals surface area contributed by atoms with Crippen molar-refractivity contribution in [2.24, 2.45) is 5.10 Å². The second kappa shape index (κ2) is 8.53. The number of nitro groups is 1. The minimum absolute atomic E-state index is 0.264. The van der Waals surface area contributed by atoms with Crippen LogP contribution in [0.2, 0.25) is 0 Å². The first-order chi connectivity index (χ1) is 13.4. The molecule has 0 saturated heterocycles. The van der Waals surface area contributed by atoms with Crippen LogP contribution in [-0.4, -0.2) is 26.8 Å². The van der Waals surface area contributed by atoms with Crippen LogP contribution in [0.5, 0.6) is 0 Å². The Hall–Kier alpha value is -3.40. The summed E-state index contributed by atoms with van der Waals surface area (Å²) in [5.41, 5.74) is 2.83. The lowest BCUT2D eigenvalue weighted by Crippen LogP contribution is -2.19. The monoisotopic (exact) mass is 445 g/mol. The van der Waals surface area contributed by atoms with Crippen molar-refractivity contribution in [3.8, 4) is 0 Å². The smallest absolute Gasteiger partial charge is 0.265 e. The fourth-order valence-electron chi connectivity index (χ4n) is 2.33. The third-order valence-electron chi connectivity index (χ3n) is 3.66. The molecule has 0 fully saturated rings. The Labute approximate surface area is 167 Å². The predicted molar refractivity (Wildman–Crippen MR) is 104 cm³/mol. The average Bonchev–Trinajstić information content (AvgIpc) is 3.09. The molecule has 0 atom stereocenters. The number of halogens is 2. The van der Waals surface area contributed by atoms with Crippen molar-refractivity contribution in [3.05, 3.63) is 92.0 Å². The highest BCUT2D eigenvalue weighted by molar-refractivity contribution is 9.10. The summed E-state index contributed by atoms with van der Waals surface area (Å²) in [4.78, 5) is 22.8. The molecule has 3 rings (SSSR count). The summed E-state index contributed by atoms with van der Waals surface area (Å²) in [6.07, 6.45) is 2.49. The Morgan fingerprint density at radius 1 is 1.25 bits per heavy atom. The third kappa shape index (κ3) is 4.86. The van der Waals surface area contributed by atoms with Crippen LogP contribution < -0.4 is 5.43 Å². The van der Waals surface area contributed by atoms with E-state index in [2.05, 4.69) is 31.6 Å². The van der Waals surface area contributed by atoms with Gasteiger partial charge in [0, 0.05) is 4.47 Å². The Morgan fingerprint density at radius 2 is 1.93 bits per heavy atom. The number of aromatic nitrogens is 2. The van der Waals surface area contributed by atoms with Crippen molar-refractivity contribution in [1.29, 1.82) is 0 Å². The molecule has 0 radical (unpaired) electrons. The first-order valence-electron chi connectivity index (χ1n) is 7.97. The molecule has 1 amide bonds. The molecule has 1 heterocycles. The van der Waals surface area contributed by atoms with Crippen LogP contribution in [0.3, 0.4) is 0 Å². The summed E-state index contributed by atoms with van der Waals surface area (Å²) in [7, 11) is 0. The first-order valence-corrected chi connectivity index (χ1v) is 8.77. The molecule has 0 aliphatic carbocycles. The van der Waals surface area contributed by atoms with E-state index in [-0.39, 0.29) is 12.2 Å². The van der Waals surface area contributed by atoms with Crippen LogP contribution in [-0.2, 0) is 6.54 Å². The lowest BCUT2D eigenvalue weighted by Gasteiger charge is -2.01. The number of amides is 1. The second-order valence-electron chi connectivity index (χ2n) is 5.69. The maximum absolute atomic E-state index is 12.9. The van der Waals surface area contributed by atoms with Gasteiger partial charge in [0.1, 0.15) is 12.0 Å². The number of nitrogens with zero attached hydrogens (tertiary/aromatic N) is 4. The molecule has 1 aromatic heterocycles. The SMILES string of the molecule is O=C(N/N=C/c1ccc(F)cc1)c1nn(Cc2ccc(Br)cc2)cc1[N+](=O)[O-]. The third-order valence-corrected chi connectivity index (χ3v) is 4.19. The molecule has 0 aliphatic heterocycles. The van der Waals surface area contributed by atoms with Crippen LogP contribution in [0.1, 0.15) is 21.6 Å². The number of nitrogens with one attached hydrogen (secondary N) is 1. The van der Waals surface area contributed by atoms with E-state index >= 15 is 0 Å². The zero-order valence-corrected chi connectivity index (χ0v) is 15.8. The van der Waals surface area contributed by atoms with E-state index in [0.29, 0.717) is 5.56 Å². The maximum Gasteiger partial charge on any atom is 0.320 e. The van der Waals surface area contributed by atoms with Gasteiger partial charge in [0.2, 0.25) is 5.69 Å². The summed E-state index contributed by atoms with van der Waals surface area (Å²) in [5, 5.41) is 19.0. The molecular weight excluding hydrogens is 433 g/mol. The summed E-state index contributed by atoms with van der Waals surface area (Å²) in [5.74, 6) is -1.22. The minimum Gasteiger partial charge on any atom is -0.265 e. The number of hydrogen-bond acceptors (Lipinski definition) is 5. The van der Waals surface area contributed by atoms with E-state index in [1.807, 2.05) is 24.3 Å². The molecule has 8 nitrogen and oxygen atoms in total. The van der Waals surface area contributed by atoms with Crippen LogP contribution in [0.4, 0.5) is 10.1 Å². The molecule has 3 aromatic rings. The number of hydrazone groups is 1. The van der Waals surface area contributed by atoms with Gasteiger partial charge in [0.15, 0.2) is 0 Å². The molecule has 0 saturated carbocycles. The molecule has 28 heavy (non-hydrogen) atoms. The van der Waals surface area contributed by atoms with Gasteiger partial charge < -0.3 is 0 Å². The van der Waals surface area contributed by atoms with Gasteiger partial charge >= 0.3 is 5.69 Å². The summed E-state index contributed by atoms with van der Waals surface area (Å²) >= 11 is 3.33. The largest absolute Gasteiger partial charge is 0.320 e. The van der Waals surface area contributed by atoms with E-state index in [1.54, 1.807) is 0 Å². The van der Waals surface area contributed by atoms with Gasteiger partial charge in [-0.2, -0.15) is 10.2 Å². The lowest BCUT2D eigenvalue weighted by molar-refractivity contribution is -0.385. The summed E-state index contributed by atoms with van der Waals surface area (Å²) < 4.78 is 15.1. The van der Waals surface area contributed by atoms with Crippen molar-refractivity contribution in [1.82, 2.24) is 15.2 Å². The van der Waals surface area contributed by atoms with Crippen LogP contribution in [0.15, 0.2) is 64.3 Å². The lowest BCUT2D eigenvalue weighted by atomic mass is 10.2. The second-order valence-corrected chi connectivity index (χ2v) is 6.61. The van der Waals surface area contributed by atoms with Crippen molar-refractivity contribution < 1.29 is 14.1 Å². The highest BCUT2D eigenvalue weighted by Crippen LogP contribution is 2.18. The van der Waals surface area contributed by atoms with Gasteiger partial charge in [0.25, 0.3) is 5.91 Å². The fraction of sp³-hybridized carbons (Fsp3) is 0.0556. The van der Waals surface area contributed by atoms with Crippen LogP contribution in [0, 0.1) is 15.9 Å². The highest BCUT2D eigenvalue weighted by atomic mass is 79.9. The van der Waals surface area contributed by atoms with Gasteiger partial charge in [-0.15, -0.1) is 0 Å². The number of benzene rings is 2. The van der Waals surface area contributed by atoms with Gasteiger partial charge in [-0.05, 0) is 35.4 Å². The average molecular weight is 446 g/mol. The maximum atomic E-state index is 12.9. The van der Waals surface area contributed by atoms with E-state index in [4.69, 9.17) is 0 Å². The molecule has 10 heteroatoms. The molecule has 0 spiro atoms. The first kappa shape index (κ1) is 19.4. The van der Waals surface area contributed by atoms with E-state index in [0.717, 1.165) is 10.0 Å². The molecule has 0 bridgehead atoms. The molecular formula is C18H13BrFN5O3. The topological polar surface area (TPSA) is 102 Å². The van der Waals surface area contributed by atoms with Gasteiger partial charge in [-0.3, -0.25) is 19.6 Å². The Kier molecular flexibility index (Phi) is 5.90. The van der Waals surface area contributed by atoms with Crippen molar-refractivity contribution in [3.63, 3.8) is 0 Å². The minimum atomic E-state index is -0.820. The van der Waals surface area contributed by atoms with Crippen molar-refractivity contribution >= 4 is 33.7 Å². The van der Waals surface area contributed by atoms with Crippen LogP contribution >= 0.6 is 15.9 Å². The van der Waals surface area contributed by atoms with Gasteiger partial charge in [-0.1, -0.05) is 40.2 Å². The van der Waals surface area contributed by atoms with Crippen molar-refractivity contribution in [2.75, 3.05) is 0 Å². The van der Waals surface area contributed by atoms with E-state index in [1.165, 1.54) is 41.4 Å². The Bertz CT molecular complexity index is 1030. The normalized spacial score (nSPS) is 10.9. The number of carbonyl (C=O) groups is 1. The predicted octanol–water partition coefficient (Wildman–Crippen LogP) is 3.51. The molecule has 2 aromatic carbocycles. The summed E-state index contributed by atoms with van der Waals surface area (Å²) in [6.45, 7) is 0.264. The molecule has 142 valence electrons. The zero-order chi connectivity index (χ0) is 20.1. The number of hydrogen-bond donors (Lipinski definition) is 1. The van der Waals surface area contributed by atoms with Crippen molar-refractivity contribution in [2.45, 2.75) is 6.54 Å². The number of rotatable bonds is 6. The van der Waals surface area contributed by atoms with Gasteiger partial charge in [-0.25, -0.2) is 9.82 Å². The molecule has 0 unspecified atom stereocenters. The standard InChI is InChI=1S/C18H13BrFN5O3/c19-14-5-1-13(2-6-14)10-24-11-16(25(27)28)17(23-24)18(26)22-21-9-12-3-7-15(20)8-4-12/h1-9,11H,10H2,(H,22,26)/b21-9+. The fourth-order valence-corrected chi connectivity index (χ4v) is 2.60. The highest BCUT2D eigenvalue weighted by Gasteiger charge is 2.25.